The van der Waals surface area contributed by atoms with Crippen molar-refractivity contribution in [1.29, 1.82) is 0 Å². The number of para-hydroxylation sites is 2. The normalized spacial score (nSPS) is 16.9. The Balaban J connectivity index is 1.72. The molecule has 0 bridgehead atoms. The number of nitrogens with one attached hydrogen (secondary N) is 2. The molecule has 1 heterocycles. The van der Waals surface area contributed by atoms with E-state index in [2.05, 4.69) is 10.6 Å². The van der Waals surface area contributed by atoms with Gasteiger partial charge in [-0.15, -0.1) is 0 Å². The van der Waals surface area contributed by atoms with Crippen molar-refractivity contribution in [1.82, 2.24) is 0 Å². The van der Waals surface area contributed by atoms with Gasteiger partial charge < -0.3 is 10.6 Å². The second kappa shape index (κ2) is 5.33. The van der Waals surface area contributed by atoms with Gasteiger partial charge >= 0.3 is 0 Å². The maximum absolute atomic E-state index is 13.5. The molecule has 0 saturated heterocycles. The van der Waals surface area contributed by atoms with Gasteiger partial charge in [0.25, 0.3) is 0 Å². The summed E-state index contributed by atoms with van der Waals surface area (Å²) in [6.45, 7) is 0. The van der Waals surface area contributed by atoms with Crippen LogP contribution in [0.1, 0.15) is 12.0 Å². The fourth-order valence-corrected chi connectivity index (χ4v) is 2.42. The Labute approximate surface area is 116 Å². The summed E-state index contributed by atoms with van der Waals surface area (Å²) in [5, 5.41) is 5.84. The van der Waals surface area contributed by atoms with E-state index in [1.807, 2.05) is 24.3 Å². The van der Waals surface area contributed by atoms with Gasteiger partial charge in [-0.1, -0.05) is 30.3 Å². The molecule has 20 heavy (non-hydrogen) atoms. The van der Waals surface area contributed by atoms with Gasteiger partial charge in [0.15, 0.2) is 0 Å². The molecule has 0 aliphatic carbocycles. The summed E-state index contributed by atoms with van der Waals surface area (Å²) in [5.74, 6) is -0.623. The van der Waals surface area contributed by atoms with Gasteiger partial charge in [0.2, 0.25) is 5.91 Å². The lowest BCUT2D eigenvalue weighted by atomic mass is 9.97. The Kier molecular flexibility index (Phi) is 3.37. The van der Waals surface area contributed by atoms with Crippen LogP contribution >= 0.6 is 0 Å². The Morgan fingerprint density at radius 1 is 1.15 bits per heavy atom. The number of halogens is 1. The van der Waals surface area contributed by atoms with Crippen LogP contribution in [-0.2, 0) is 11.2 Å². The minimum Gasteiger partial charge on any atom is -0.373 e. The average Bonchev–Trinajstić information content (AvgIpc) is 2.49. The van der Waals surface area contributed by atoms with Crippen LogP contribution in [-0.4, -0.2) is 11.9 Å². The molecule has 1 aliphatic rings. The summed E-state index contributed by atoms with van der Waals surface area (Å²) < 4.78 is 13.5. The van der Waals surface area contributed by atoms with Gasteiger partial charge in [0, 0.05) is 5.69 Å². The second-order valence-electron chi connectivity index (χ2n) is 4.86. The molecule has 2 N–H and O–H groups in total. The highest BCUT2D eigenvalue weighted by atomic mass is 19.1. The highest BCUT2D eigenvalue weighted by molar-refractivity contribution is 5.97. The van der Waals surface area contributed by atoms with E-state index >= 15 is 0 Å². The highest BCUT2D eigenvalue weighted by Crippen LogP contribution is 2.25. The van der Waals surface area contributed by atoms with Gasteiger partial charge in [0.1, 0.15) is 11.9 Å². The third-order valence-corrected chi connectivity index (χ3v) is 3.50. The molecule has 0 spiro atoms. The molecule has 102 valence electrons. The summed E-state index contributed by atoms with van der Waals surface area (Å²) in [6.07, 6.45) is 1.55. The molecule has 0 unspecified atom stereocenters. The Bertz CT molecular complexity index is 642. The van der Waals surface area contributed by atoms with Crippen LogP contribution in [0, 0.1) is 5.82 Å². The largest absolute Gasteiger partial charge is 0.373 e. The zero-order valence-corrected chi connectivity index (χ0v) is 10.9. The molecule has 4 heteroatoms. The lowest BCUT2D eigenvalue weighted by Gasteiger charge is -2.26. The fraction of sp³-hybridized carbons (Fsp3) is 0.188. The van der Waals surface area contributed by atoms with Gasteiger partial charge in [-0.3, -0.25) is 4.79 Å². The topological polar surface area (TPSA) is 41.1 Å². The molecule has 2 aromatic rings. The molecule has 1 atom stereocenters. The van der Waals surface area contributed by atoms with E-state index in [1.165, 1.54) is 11.6 Å². The number of hydrogen-bond acceptors (Lipinski definition) is 2. The predicted molar refractivity (Wildman–Crippen MR) is 77.2 cm³/mol. The van der Waals surface area contributed by atoms with Crippen molar-refractivity contribution >= 4 is 17.3 Å². The van der Waals surface area contributed by atoms with Crippen LogP contribution in [0.5, 0.6) is 0 Å². The van der Waals surface area contributed by atoms with E-state index in [9.17, 15) is 9.18 Å². The van der Waals surface area contributed by atoms with Crippen molar-refractivity contribution in [2.24, 2.45) is 0 Å². The number of rotatable bonds is 2. The maximum Gasteiger partial charge on any atom is 0.246 e. The van der Waals surface area contributed by atoms with E-state index < -0.39 is 5.82 Å². The molecule has 0 fully saturated rings. The number of carbonyl (C=O) groups is 1. The number of carbonyl (C=O) groups excluding carboxylic acids is 1. The number of amides is 1. The molecule has 1 aliphatic heterocycles. The van der Waals surface area contributed by atoms with Crippen molar-refractivity contribution in [3.63, 3.8) is 0 Å². The first-order chi connectivity index (χ1) is 9.74. The lowest BCUT2D eigenvalue weighted by Crippen LogP contribution is -2.37. The first kappa shape index (κ1) is 12.7. The van der Waals surface area contributed by atoms with Crippen molar-refractivity contribution in [3.05, 3.63) is 59.9 Å². The molecule has 1 amide bonds. The summed E-state index contributed by atoms with van der Waals surface area (Å²) >= 11 is 0. The molecule has 2 aromatic carbocycles. The summed E-state index contributed by atoms with van der Waals surface area (Å²) in [7, 11) is 0. The van der Waals surface area contributed by atoms with Crippen LogP contribution in [0.3, 0.4) is 0 Å². The summed E-state index contributed by atoms with van der Waals surface area (Å²) in [4.78, 5) is 12.2. The minimum atomic E-state index is -0.419. The van der Waals surface area contributed by atoms with Crippen LogP contribution in [0.4, 0.5) is 15.8 Å². The smallest absolute Gasteiger partial charge is 0.246 e. The average molecular weight is 270 g/mol. The zero-order valence-electron chi connectivity index (χ0n) is 10.9. The number of benzene rings is 2. The standard InChI is InChI=1S/C16H15FN2O/c17-12-6-2-4-8-14(12)19-16(20)15-10-9-11-5-1-3-7-13(11)18-15/h1-8,15,18H,9-10H2,(H,19,20)/t15-/m1/s1. The fourth-order valence-electron chi connectivity index (χ4n) is 2.42. The first-order valence-corrected chi connectivity index (χ1v) is 6.64. The van der Waals surface area contributed by atoms with Crippen LogP contribution in [0.2, 0.25) is 0 Å². The molecular weight excluding hydrogens is 255 g/mol. The summed E-state index contributed by atoms with van der Waals surface area (Å²) in [6, 6.07) is 13.8. The van der Waals surface area contributed by atoms with E-state index in [1.54, 1.807) is 18.2 Å². The van der Waals surface area contributed by atoms with Crippen molar-refractivity contribution in [2.75, 3.05) is 10.6 Å². The number of hydrogen-bond donors (Lipinski definition) is 2. The Morgan fingerprint density at radius 2 is 1.90 bits per heavy atom. The van der Waals surface area contributed by atoms with Crippen LogP contribution < -0.4 is 10.6 Å². The van der Waals surface area contributed by atoms with Crippen LogP contribution in [0.25, 0.3) is 0 Å². The highest BCUT2D eigenvalue weighted by Gasteiger charge is 2.24. The van der Waals surface area contributed by atoms with E-state index in [0.29, 0.717) is 6.42 Å². The molecule has 3 rings (SSSR count). The third kappa shape index (κ3) is 2.50. The SMILES string of the molecule is O=C(Nc1ccccc1F)[C@H]1CCc2ccccc2N1. The lowest BCUT2D eigenvalue weighted by molar-refractivity contribution is -0.117. The summed E-state index contributed by atoms with van der Waals surface area (Å²) in [5.41, 5.74) is 2.41. The number of anilines is 2. The van der Waals surface area contributed by atoms with Crippen molar-refractivity contribution in [3.8, 4) is 0 Å². The Hall–Kier alpha value is -2.36. The Morgan fingerprint density at radius 3 is 2.75 bits per heavy atom. The van der Waals surface area contributed by atoms with Crippen LogP contribution in [0.15, 0.2) is 48.5 Å². The monoisotopic (exact) mass is 270 g/mol. The second-order valence-corrected chi connectivity index (χ2v) is 4.86. The van der Waals surface area contributed by atoms with E-state index in [0.717, 1.165) is 12.1 Å². The molecule has 3 nitrogen and oxygen atoms in total. The molecular formula is C16H15FN2O. The zero-order chi connectivity index (χ0) is 13.9. The predicted octanol–water partition coefficient (Wildman–Crippen LogP) is 3.19. The third-order valence-electron chi connectivity index (χ3n) is 3.50. The molecule has 0 saturated carbocycles. The first-order valence-electron chi connectivity index (χ1n) is 6.64. The van der Waals surface area contributed by atoms with Crippen molar-refractivity contribution < 1.29 is 9.18 Å². The van der Waals surface area contributed by atoms with E-state index in [-0.39, 0.29) is 17.6 Å². The van der Waals surface area contributed by atoms with Gasteiger partial charge in [-0.05, 0) is 36.6 Å². The van der Waals surface area contributed by atoms with Gasteiger partial charge in [-0.2, -0.15) is 0 Å². The molecule has 0 radical (unpaired) electrons. The quantitative estimate of drug-likeness (QED) is 0.880. The maximum atomic E-state index is 13.5. The number of fused-ring (bicyclic) bond motifs is 1. The van der Waals surface area contributed by atoms with Gasteiger partial charge in [0.05, 0.1) is 5.69 Å². The van der Waals surface area contributed by atoms with Gasteiger partial charge in [-0.25, -0.2) is 4.39 Å². The van der Waals surface area contributed by atoms with Crippen molar-refractivity contribution in [2.45, 2.75) is 18.9 Å². The molecule has 0 aromatic heterocycles. The number of aryl methyl sites for hydroxylation is 1. The minimum absolute atomic E-state index is 0.204. The van der Waals surface area contributed by atoms with E-state index in [4.69, 9.17) is 0 Å².